The second-order valence-electron chi connectivity index (χ2n) is 4.14. The van der Waals surface area contributed by atoms with Crippen molar-refractivity contribution in [2.45, 2.75) is 0 Å². The summed E-state index contributed by atoms with van der Waals surface area (Å²) < 4.78 is 17.9. The van der Waals surface area contributed by atoms with Crippen LogP contribution in [0.2, 0.25) is 0 Å². The molecular formula is C16H13FO3S. The van der Waals surface area contributed by atoms with E-state index in [9.17, 15) is 14.3 Å². The second kappa shape index (κ2) is 6.37. The van der Waals surface area contributed by atoms with Crippen molar-refractivity contribution in [2.75, 3.05) is 7.11 Å². The van der Waals surface area contributed by atoms with Gasteiger partial charge in [0.05, 0.1) is 23.8 Å². The third kappa shape index (κ3) is 3.03. The number of rotatable bonds is 5. The molecule has 0 aliphatic heterocycles. The minimum atomic E-state index is -1.05. The largest absolute Gasteiger partial charge is 0.504 e. The summed E-state index contributed by atoms with van der Waals surface area (Å²) in [5.41, 5.74) is 1.34. The Balaban J connectivity index is 2.68. The van der Waals surface area contributed by atoms with Gasteiger partial charge in [-0.2, -0.15) is 0 Å². The number of aromatic carboxylic acids is 1. The lowest BCUT2D eigenvalue weighted by atomic mass is 10.0. The van der Waals surface area contributed by atoms with E-state index in [1.807, 2.05) is 0 Å². The minimum absolute atomic E-state index is 0.162. The zero-order valence-corrected chi connectivity index (χ0v) is 12.1. The van der Waals surface area contributed by atoms with Crippen LogP contribution >= 0.6 is 11.3 Å². The molecule has 2 aromatic rings. The van der Waals surface area contributed by atoms with Gasteiger partial charge in [-0.25, -0.2) is 9.18 Å². The third-order valence-corrected chi connectivity index (χ3v) is 4.10. The Hall–Kier alpha value is -2.40. The fraction of sp³-hybridized carbons (Fsp3) is 0.0625. The molecule has 0 aliphatic carbocycles. The standard InChI is InChI=1S/C16H13FO3S/c1-3-13-12(8-9-20-2)14(16(18)19)15(21-13)10-4-6-11(17)7-5-10/h3-9H,1H2,2H3,(H,18,19)/b9-8+. The van der Waals surface area contributed by atoms with E-state index in [2.05, 4.69) is 6.58 Å². The van der Waals surface area contributed by atoms with Crippen molar-refractivity contribution < 1.29 is 19.0 Å². The van der Waals surface area contributed by atoms with Crippen LogP contribution in [0.25, 0.3) is 22.6 Å². The van der Waals surface area contributed by atoms with Gasteiger partial charge in [0, 0.05) is 10.4 Å². The highest BCUT2D eigenvalue weighted by molar-refractivity contribution is 7.17. The fourth-order valence-electron chi connectivity index (χ4n) is 1.93. The average molecular weight is 304 g/mol. The van der Waals surface area contributed by atoms with Crippen LogP contribution in [0.1, 0.15) is 20.8 Å². The van der Waals surface area contributed by atoms with Gasteiger partial charge in [0.25, 0.3) is 0 Å². The molecule has 0 amide bonds. The maximum absolute atomic E-state index is 13.0. The van der Waals surface area contributed by atoms with E-state index < -0.39 is 5.97 Å². The van der Waals surface area contributed by atoms with Crippen molar-refractivity contribution in [3.63, 3.8) is 0 Å². The normalized spacial score (nSPS) is 10.8. The van der Waals surface area contributed by atoms with Gasteiger partial charge in [0.15, 0.2) is 0 Å². The number of hydrogen-bond acceptors (Lipinski definition) is 3. The number of carboxylic acid groups (broad SMARTS) is 1. The Morgan fingerprint density at radius 2 is 2.05 bits per heavy atom. The smallest absolute Gasteiger partial charge is 0.337 e. The van der Waals surface area contributed by atoms with Gasteiger partial charge in [-0.3, -0.25) is 0 Å². The number of benzene rings is 1. The molecule has 0 saturated heterocycles. The van der Waals surface area contributed by atoms with Crippen molar-refractivity contribution in [1.82, 2.24) is 0 Å². The van der Waals surface area contributed by atoms with E-state index >= 15 is 0 Å². The monoisotopic (exact) mass is 304 g/mol. The zero-order valence-electron chi connectivity index (χ0n) is 11.3. The number of thiophene rings is 1. The summed E-state index contributed by atoms with van der Waals surface area (Å²) in [6.45, 7) is 3.70. The molecule has 2 rings (SSSR count). The highest BCUT2D eigenvalue weighted by atomic mass is 32.1. The molecule has 0 bridgehead atoms. The van der Waals surface area contributed by atoms with E-state index in [1.165, 1.54) is 36.8 Å². The lowest BCUT2D eigenvalue weighted by Gasteiger charge is -2.01. The maximum atomic E-state index is 13.0. The van der Waals surface area contributed by atoms with Crippen LogP contribution in [0.4, 0.5) is 4.39 Å². The van der Waals surface area contributed by atoms with Crippen molar-refractivity contribution in [3.8, 4) is 10.4 Å². The van der Waals surface area contributed by atoms with E-state index in [0.29, 0.717) is 16.0 Å². The number of methoxy groups -OCH3 is 1. The van der Waals surface area contributed by atoms with E-state index in [-0.39, 0.29) is 11.4 Å². The van der Waals surface area contributed by atoms with Gasteiger partial charge in [-0.05, 0) is 23.8 Å². The molecule has 0 fully saturated rings. The zero-order chi connectivity index (χ0) is 15.4. The average Bonchev–Trinajstić information content (AvgIpc) is 2.84. The number of halogens is 1. The SMILES string of the molecule is C=Cc1sc(-c2ccc(F)cc2)c(C(=O)O)c1/C=C/OC. The van der Waals surface area contributed by atoms with Gasteiger partial charge < -0.3 is 9.84 Å². The lowest BCUT2D eigenvalue weighted by molar-refractivity contribution is 0.0698. The van der Waals surface area contributed by atoms with E-state index in [4.69, 9.17) is 4.74 Å². The molecule has 1 heterocycles. The maximum Gasteiger partial charge on any atom is 0.337 e. The second-order valence-corrected chi connectivity index (χ2v) is 5.19. The molecule has 0 radical (unpaired) electrons. The van der Waals surface area contributed by atoms with Crippen LogP contribution in [0.15, 0.2) is 37.1 Å². The molecule has 0 spiro atoms. The first kappa shape index (κ1) is 15.0. The lowest BCUT2D eigenvalue weighted by Crippen LogP contribution is -1.99. The van der Waals surface area contributed by atoms with Crippen molar-refractivity contribution in [2.24, 2.45) is 0 Å². The quantitative estimate of drug-likeness (QED) is 0.827. The summed E-state index contributed by atoms with van der Waals surface area (Å²) in [6.07, 6.45) is 4.60. The number of carboxylic acids is 1. The molecule has 108 valence electrons. The summed E-state index contributed by atoms with van der Waals surface area (Å²) in [4.78, 5) is 12.9. The van der Waals surface area contributed by atoms with Crippen LogP contribution < -0.4 is 0 Å². The first-order valence-corrected chi connectivity index (χ1v) is 6.88. The minimum Gasteiger partial charge on any atom is -0.504 e. The van der Waals surface area contributed by atoms with Gasteiger partial charge in [-0.1, -0.05) is 24.8 Å². The molecule has 5 heteroatoms. The van der Waals surface area contributed by atoms with Gasteiger partial charge in [0.2, 0.25) is 0 Å². The molecule has 3 nitrogen and oxygen atoms in total. The fourth-order valence-corrected chi connectivity index (χ4v) is 3.07. The van der Waals surface area contributed by atoms with E-state index in [1.54, 1.807) is 24.3 Å². The highest BCUT2D eigenvalue weighted by Gasteiger charge is 2.21. The van der Waals surface area contributed by atoms with Crippen molar-refractivity contribution in [1.29, 1.82) is 0 Å². The number of ether oxygens (including phenoxy) is 1. The summed E-state index contributed by atoms with van der Waals surface area (Å²) in [6, 6.07) is 5.73. The number of hydrogen-bond donors (Lipinski definition) is 1. The van der Waals surface area contributed by atoms with Crippen molar-refractivity contribution in [3.05, 3.63) is 58.9 Å². The van der Waals surface area contributed by atoms with Crippen molar-refractivity contribution >= 4 is 29.5 Å². The summed E-state index contributed by atoms with van der Waals surface area (Å²) >= 11 is 1.30. The molecular weight excluding hydrogens is 291 g/mol. The highest BCUT2D eigenvalue weighted by Crippen LogP contribution is 2.38. The Kier molecular flexibility index (Phi) is 4.55. The van der Waals surface area contributed by atoms with Crippen LogP contribution in [-0.2, 0) is 4.74 Å². The Bertz CT molecular complexity index is 699. The summed E-state index contributed by atoms with van der Waals surface area (Å²) in [5, 5.41) is 9.49. The van der Waals surface area contributed by atoms with Crippen LogP contribution in [0.3, 0.4) is 0 Å². The molecule has 0 atom stereocenters. The third-order valence-electron chi connectivity index (χ3n) is 2.85. The molecule has 1 aromatic heterocycles. The van der Waals surface area contributed by atoms with Crippen LogP contribution in [0, 0.1) is 5.82 Å². The Morgan fingerprint density at radius 3 is 2.57 bits per heavy atom. The Labute approximate surface area is 125 Å². The van der Waals surface area contributed by atoms with Crippen LogP contribution in [0.5, 0.6) is 0 Å². The molecule has 0 unspecified atom stereocenters. The van der Waals surface area contributed by atoms with Gasteiger partial charge in [0.1, 0.15) is 5.82 Å². The molecule has 21 heavy (non-hydrogen) atoms. The van der Waals surface area contributed by atoms with E-state index in [0.717, 1.165) is 4.88 Å². The first-order valence-electron chi connectivity index (χ1n) is 6.06. The molecule has 1 N–H and O–H groups in total. The van der Waals surface area contributed by atoms with Crippen LogP contribution in [-0.4, -0.2) is 18.2 Å². The predicted molar refractivity (Wildman–Crippen MR) is 82.8 cm³/mol. The number of carbonyl (C=O) groups is 1. The summed E-state index contributed by atoms with van der Waals surface area (Å²) in [5.74, 6) is -1.41. The van der Waals surface area contributed by atoms with Gasteiger partial charge in [-0.15, -0.1) is 11.3 Å². The van der Waals surface area contributed by atoms with Gasteiger partial charge >= 0.3 is 5.97 Å². The Morgan fingerprint density at radius 1 is 1.38 bits per heavy atom. The first-order chi connectivity index (χ1) is 10.1. The molecule has 1 aromatic carbocycles. The summed E-state index contributed by atoms with van der Waals surface area (Å²) in [7, 11) is 1.48. The predicted octanol–water partition coefficient (Wildman–Crippen LogP) is 4.51. The molecule has 0 saturated carbocycles. The molecule has 0 aliphatic rings. The topological polar surface area (TPSA) is 46.5 Å².